The van der Waals surface area contributed by atoms with Crippen LogP contribution >= 0.6 is 46.6 Å². The lowest BCUT2D eigenvalue weighted by Crippen LogP contribution is -1.92. The molecular weight excluding hydrogens is 223 g/mol. The van der Waals surface area contributed by atoms with Gasteiger partial charge in [0.1, 0.15) is 0 Å². The summed E-state index contributed by atoms with van der Waals surface area (Å²) in [5.41, 5.74) is 0. The average Bonchev–Trinajstić information content (AvgIpc) is 1.85. The van der Waals surface area contributed by atoms with Gasteiger partial charge < -0.3 is 0 Å². The number of benzene rings is 1. The maximum atomic E-state index is 5.56. The Morgan fingerprint density at radius 2 is 1.55 bits per heavy atom. The van der Waals surface area contributed by atoms with Crippen LogP contribution in [-0.4, -0.2) is 3.12 Å². The van der Waals surface area contributed by atoms with Crippen LogP contribution in [0.5, 0.6) is 0 Å². The third kappa shape index (κ3) is 4.12. The molecule has 0 N–H and O–H groups in total. The van der Waals surface area contributed by atoms with Gasteiger partial charge in [-0.15, -0.1) is 0 Å². The summed E-state index contributed by atoms with van der Waals surface area (Å²) in [6.07, 6.45) is 0. The fourth-order valence-electron chi connectivity index (χ4n) is 0.622. The summed E-state index contributed by atoms with van der Waals surface area (Å²) in [6, 6.07) is 9.51. The molecule has 1 aromatic carbocycles. The Labute approximate surface area is 84.8 Å². The molecule has 11 heavy (non-hydrogen) atoms. The summed E-state index contributed by atoms with van der Waals surface area (Å²) < 4.78 is -1.26. The van der Waals surface area contributed by atoms with Crippen LogP contribution in [0.1, 0.15) is 0 Å². The quantitative estimate of drug-likeness (QED) is 0.396. The number of hydrogen-bond donors (Lipinski definition) is 0. The predicted octanol–water partition coefficient (Wildman–Crippen LogP) is 4.11. The second-order valence-electron chi connectivity index (χ2n) is 1.86. The van der Waals surface area contributed by atoms with Crippen molar-refractivity contribution in [1.29, 1.82) is 0 Å². The number of thioether (sulfide) groups is 1. The van der Waals surface area contributed by atoms with Crippen molar-refractivity contribution in [2.24, 2.45) is 0 Å². The van der Waals surface area contributed by atoms with Crippen LogP contribution in [0.3, 0.4) is 0 Å². The van der Waals surface area contributed by atoms with Crippen molar-refractivity contribution in [3.8, 4) is 0 Å². The highest BCUT2D eigenvalue weighted by Crippen LogP contribution is 2.43. The summed E-state index contributed by atoms with van der Waals surface area (Å²) in [7, 11) is 0. The maximum absolute atomic E-state index is 5.56. The molecule has 0 aliphatic heterocycles. The molecule has 0 aliphatic rings. The van der Waals surface area contributed by atoms with Crippen molar-refractivity contribution in [3.63, 3.8) is 0 Å². The lowest BCUT2D eigenvalue weighted by Gasteiger charge is -2.08. The van der Waals surface area contributed by atoms with E-state index in [9.17, 15) is 0 Å². The van der Waals surface area contributed by atoms with Crippen molar-refractivity contribution in [3.05, 3.63) is 30.3 Å². The van der Waals surface area contributed by atoms with Crippen LogP contribution in [0, 0.1) is 0 Å². The fourth-order valence-corrected chi connectivity index (χ4v) is 1.98. The summed E-state index contributed by atoms with van der Waals surface area (Å²) in [6.45, 7) is 0. The first-order chi connectivity index (χ1) is 5.08. The molecule has 0 fully saturated rings. The standard InChI is InChI=1S/C7H5Cl3S/c8-7(9,10)11-6-4-2-1-3-5-6/h1-5H/i7+1. The van der Waals surface area contributed by atoms with Crippen LogP contribution in [0.25, 0.3) is 0 Å². The normalized spacial score (nSPS) is 11.5. The van der Waals surface area contributed by atoms with Crippen molar-refractivity contribution < 1.29 is 0 Å². The van der Waals surface area contributed by atoms with E-state index in [1.54, 1.807) is 0 Å². The van der Waals surface area contributed by atoms with E-state index < -0.39 is 3.12 Å². The van der Waals surface area contributed by atoms with E-state index in [0.29, 0.717) is 0 Å². The molecule has 1 rings (SSSR count). The second kappa shape index (κ2) is 3.90. The number of alkyl halides is 3. The third-order valence-electron chi connectivity index (χ3n) is 0.977. The van der Waals surface area contributed by atoms with E-state index in [1.807, 2.05) is 30.3 Å². The summed E-state index contributed by atoms with van der Waals surface area (Å²) in [5.74, 6) is 0. The Hall–Kier alpha value is 0.440. The molecule has 4 heteroatoms. The highest BCUT2D eigenvalue weighted by Gasteiger charge is 2.20. The number of halogens is 3. The lowest BCUT2D eigenvalue weighted by atomic mass is 10.4. The van der Waals surface area contributed by atoms with E-state index in [-0.39, 0.29) is 0 Å². The van der Waals surface area contributed by atoms with Crippen LogP contribution in [-0.2, 0) is 0 Å². The van der Waals surface area contributed by atoms with E-state index in [4.69, 9.17) is 34.8 Å². The van der Waals surface area contributed by atoms with E-state index in [0.717, 1.165) is 4.90 Å². The lowest BCUT2D eigenvalue weighted by molar-refractivity contribution is 1.45. The van der Waals surface area contributed by atoms with Gasteiger partial charge >= 0.3 is 0 Å². The molecule has 0 spiro atoms. The highest BCUT2D eigenvalue weighted by molar-refractivity contribution is 8.04. The van der Waals surface area contributed by atoms with Crippen LogP contribution in [0.2, 0.25) is 0 Å². The monoisotopic (exact) mass is 227 g/mol. The van der Waals surface area contributed by atoms with Gasteiger partial charge in [0.15, 0.2) is 0 Å². The van der Waals surface area contributed by atoms with Gasteiger partial charge in [0.05, 0.1) is 0 Å². The zero-order chi connectivity index (χ0) is 8.32. The van der Waals surface area contributed by atoms with E-state index >= 15 is 0 Å². The summed E-state index contributed by atoms with van der Waals surface area (Å²) in [4.78, 5) is 0.951. The molecular formula is C7H5Cl3S. The van der Waals surface area contributed by atoms with Crippen LogP contribution < -0.4 is 0 Å². The topological polar surface area (TPSA) is 0 Å². The Morgan fingerprint density at radius 1 is 1.00 bits per heavy atom. The van der Waals surface area contributed by atoms with Gasteiger partial charge in [-0.1, -0.05) is 64.8 Å². The maximum Gasteiger partial charge on any atom is 0.241 e. The first-order valence-corrected chi connectivity index (χ1v) is 4.84. The van der Waals surface area contributed by atoms with Gasteiger partial charge in [-0.2, -0.15) is 0 Å². The molecule has 0 saturated heterocycles. The van der Waals surface area contributed by atoms with Gasteiger partial charge in [-0.05, 0) is 12.1 Å². The Balaban J connectivity index is 2.66. The first kappa shape index (κ1) is 9.53. The molecule has 0 heterocycles. The van der Waals surface area contributed by atoms with Gasteiger partial charge in [-0.25, -0.2) is 0 Å². The van der Waals surface area contributed by atoms with Gasteiger partial charge in [0, 0.05) is 4.90 Å². The minimum Gasteiger partial charge on any atom is -0.0714 e. The molecule has 0 radical (unpaired) electrons. The molecule has 1 aromatic rings. The Kier molecular flexibility index (Phi) is 3.38. The fraction of sp³-hybridized carbons (Fsp3) is 0.143. The smallest absolute Gasteiger partial charge is 0.0714 e. The van der Waals surface area contributed by atoms with Gasteiger partial charge in [-0.3, -0.25) is 0 Å². The van der Waals surface area contributed by atoms with Crippen LogP contribution in [0.15, 0.2) is 35.2 Å². The van der Waals surface area contributed by atoms with Crippen molar-refractivity contribution in [2.75, 3.05) is 0 Å². The Morgan fingerprint density at radius 3 is 2.00 bits per heavy atom. The molecule has 0 bridgehead atoms. The van der Waals surface area contributed by atoms with Gasteiger partial charge in [0.2, 0.25) is 3.12 Å². The molecule has 0 nitrogen and oxygen atoms in total. The van der Waals surface area contributed by atoms with Crippen LogP contribution in [0.4, 0.5) is 0 Å². The second-order valence-corrected chi connectivity index (χ2v) is 6.10. The molecule has 0 atom stereocenters. The van der Waals surface area contributed by atoms with Crippen molar-refractivity contribution >= 4 is 46.6 Å². The highest BCUT2D eigenvalue weighted by atomic mass is 35.6. The SMILES string of the molecule is Cl[13C](Cl)(Cl)Sc1ccccc1. The zero-order valence-electron chi connectivity index (χ0n) is 5.43. The zero-order valence-corrected chi connectivity index (χ0v) is 8.51. The minimum atomic E-state index is -1.26. The minimum absolute atomic E-state index is 0.951. The molecule has 0 amide bonds. The molecule has 0 aliphatic carbocycles. The molecule has 0 saturated carbocycles. The van der Waals surface area contributed by atoms with Crippen molar-refractivity contribution in [2.45, 2.75) is 8.02 Å². The molecule has 60 valence electrons. The summed E-state index contributed by atoms with van der Waals surface area (Å²) in [5, 5.41) is 0. The third-order valence-corrected chi connectivity index (χ3v) is 2.41. The molecule has 0 aromatic heterocycles. The summed E-state index contributed by atoms with van der Waals surface area (Å²) >= 11 is 17.9. The Bertz CT molecular complexity index is 217. The predicted molar refractivity (Wildman–Crippen MR) is 52.6 cm³/mol. The van der Waals surface area contributed by atoms with E-state index in [2.05, 4.69) is 0 Å². The largest absolute Gasteiger partial charge is 0.241 e. The van der Waals surface area contributed by atoms with Crippen molar-refractivity contribution in [1.82, 2.24) is 0 Å². The molecule has 0 unspecified atom stereocenters. The average molecular weight is 229 g/mol. The van der Waals surface area contributed by atoms with Gasteiger partial charge in [0.25, 0.3) is 0 Å². The number of rotatable bonds is 1. The number of hydrogen-bond acceptors (Lipinski definition) is 1. The van der Waals surface area contributed by atoms with E-state index in [1.165, 1.54) is 11.8 Å². The first-order valence-electron chi connectivity index (χ1n) is 2.89.